The quantitative estimate of drug-likeness (QED) is 0.890. The SMILES string of the molecule is Cn1cc(N)cc1C(=O)Nc1nc(C2CC2)cs1. The predicted molar refractivity (Wildman–Crippen MR) is 71.9 cm³/mol. The lowest BCUT2D eigenvalue weighted by molar-refractivity contribution is 0.101. The van der Waals surface area contributed by atoms with Crippen molar-refractivity contribution in [2.75, 3.05) is 11.1 Å². The van der Waals surface area contributed by atoms with Crippen molar-refractivity contribution in [3.8, 4) is 0 Å². The highest BCUT2D eigenvalue weighted by Gasteiger charge is 2.26. The van der Waals surface area contributed by atoms with Gasteiger partial charge in [-0.15, -0.1) is 11.3 Å². The number of hydrogen-bond acceptors (Lipinski definition) is 4. The maximum Gasteiger partial charge on any atom is 0.274 e. The van der Waals surface area contributed by atoms with Crippen LogP contribution in [0.25, 0.3) is 0 Å². The third kappa shape index (κ3) is 2.11. The molecule has 2 aromatic heterocycles. The minimum atomic E-state index is -0.175. The van der Waals surface area contributed by atoms with E-state index >= 15 is 0 Å². The Kier molecular flexibility index (Phi) is 2.59. The van der Waals surface area contributed by atoms with Crippen molar-refractivity contribution in [1.29, 1.82) is 0 Å². The summed E-state index contributed by atoms with van der Waals surface area (Å²) in [5.74, 6) is 0.434. The van der Waals surface area contributed by atoms with Crippen LogP contribution in [-0.2, 0) is 7.05 Å². The number of carbonyl (C=O) groups is 1. The van der Waals surface area contributed by atoms with E-state index in [4.69, 9.17) is 5.73 Å². The van der Waals surface area contributed by atoms with Crippen LogP contribution in [0, 0.1) is 0 Å². The Morgan fingerprint density at radius 2 is 2.39 bits per heavy atom. The van der Waals surface area contributed by atoms with Gasteiger partial charge in [-0.05, 0) is 18.9 Å². The molecule has 94 valence electrons. The molecule has 0 atom stereocenters. The first-order chi connectivity index (χ1) is 8.63. The molecule has 0 aliphatic heterocycles. The van der Waals surface area contributed by atoms with E-state index < -0.39 is 0 Å². The zero-order chi connectivity index (χ0) is 12.7. The predicted octanol–water partition coefficient (Wildman–Crippen LogP) is 2.19. The van der Waals surface area contributed by atoms with Gasteiger partial charge in [0.2, 0.25) is 0 Å². The molecule has 1 aliphatic carbocycles. The smallest absolute Gasteiger partial charge is 0.274 e. The standard InChI is InChI=1S/C12H14N4OS/c1-16-5-8(13)4-10(16)11(17)15-12-14-9(6-18-12)7-2-3-7/h4-7H,2-3,13H2,1H3,(H,14,15,17). The van der Waals surface area contributed by atoms with Gasteiger partial charge >= 0.3 is 0 Å². The van der Waals surface area contributed by atoms with E-state index in [1.54, 1.807) is 23.9 Å². The number of anilines is 2. The summed E-state index contributed by atoms with van der Waals surface area (Å²) in [6.07, 6.45) is 4.14. The van der Waals surface area contributed by atoms with E-state index in [0.717, 1.165) is 5.69 Å². The second-order valence-electron chi connectivity index (χ2n) is 4.58. The van der Waals surface area contributed by atoms with Crippen molar-refractivity contribution in [1.82, 2.24) is 9.55 Å². The van der Waals surface area contributed by atoms with Crippen LogP contribution in [0.15, 0.2) is 17.6 Å². The number of nitrogens with two attached hydrogens (primary N) is 1. The summed E-state index contributed by atoms with van der Waals surface area (Å²) in [5, 5.41) is 5.48. The molecule has 0 radical (unpaired) electrons. The van der Waals surface area contributed by atoms with Gasteiger partial charge in [0.05, 0.1) is 11.4 Å². The largest absolute Gasteiger partial charge is 0.397 e. The molecule has 18 heavy (non-hydrogen) atoms. The average Bonchev–Trinajstić information content (AvgIpc) is 2.97. The topological polar surface area (TPSA) is 72.9 Å². The summed E-state index contributed by atoms with van der Waals surface area (Å²) in [7, 11) is 1.79. The van der Waals surface area contributed by atoms with Crippen LogP contribution >= 0.6 is 11.3 Å². The normalized spacial score (nSPS) is 14.7. The van der Waals surface area contributed by atoms with Crippen LogP contribution in [0.1, 0.15) is 34.9 Å². The number of nitrogens with one attached hydrogen (secondary N) is 1. The molecule has 0 unspecified atom stereocenters. The second kappa shape index (κ2) is 4.13. The number of nitrogens with zero attached hydrogens (tertiary/aromatic N) is 2. The molecule has 6 heteroatoms. The van der Waals surface area contributed by atoms with Crippen molar-refractivity contribution in [3.05, 3.63) is 29.0 Å². The van der Waals surface area contributed by atoms with Gasteiger partial charge in [-0.25, -0.2) is 4.98 Å². The van der Waals surface area contributed by atoms with Gasteiger partial charge in [0.25, 0.3) is 5.91 Å². The van der Waals surface area contributed by atoms with Gasteiger partial charge in [-0.1, -0.05) is 0 Å². The molecule has 1 amide bonds. The Labute approximate surface area is 109 Å². The minimum Gasteiger partial charge on any atom is -0.397 e. The van der Waals surface area contributed by atoms with Crippen molar-refractivity contribution >= 4 is 28.1 Å². The highest BCUT2D eigenvalue weighted by atomic mass is 32.1. The van der Waals surface area contributed by atoms with Crippen LogP contribution in [0.2, 0.25) is 0 Å². The number of nitrogen functional groups attached to an aromatic ring is 1. The minimum absolute atomic E-state index is 0.175. The van der Waals surface area contributed by atoms with Gasteiger partial charge < -0.3 is 10.3 Å². The van der Waals surface area contributed by atoms with Gasteiger partial charge in [0.1, 0.15) is 5.69 Å². The average molecular weight is 262 g/mol. The van der Waals surface area contributed by atoms with Crippen molar-refractivity contribution in [2.24, 2.45) is 7.05 Å². The van der Waals surface area contributed by atoms with Crippen molar-refractivity contribution in [2.45, 2.75) is 18.8 Å². The monoisotopic (exact) mass is 262 g/mol. The Balaban J connectivity index is 1.74. The Hall–Kier alpha value is -1.82. The number of aromatic nitrogens is 2. The summed E-state index contributed by atoms with van der Waals surface area (Å²) < 4.78 is 1.71. The van der Waals surface area contributed by atoms with Gasteiger partial charge in [0.15, 0.2) is 5.13 Å². The van der Waals surface area contributed by atoms with Crippen LogP contribution in [0.4, 0.5) is 10.8 Å². The highest BCUT2D eigenvalue weighted by Crippen LogP contribution is 2.40. The molecule has 0 aromatic carbocycles. The Bertz CT molecular complexity index is 597. The molecular weight excluding hydrogens is 248 g/mol. The van der Waals surface area contributed by atoms with Crippen LogP contribution in [-0.4, -0.2) is 15.5 Å². The maximum absolute atomic E-state index is 12.0. The van der Waals surface area contributed by atoms with E-state index in [1.165, 1.54) is 24.2 Å². The summed E-state index contributed by atoms with van der Waals surface area (Å²) in [4.78, 5) is 16.4. The van der Waals surface area contributed by atoms with Crippen LogP contribution in [0.5, 0.6) is 0 Å². The molecule has 0 bridgehead atoms. The third-order valence-corrected chi connectivity index (χ3v) is 3.77. The Morgan fingerprint density at radius 1 is 1.61 bits per heavy atom. The molecule has 2 aromatic rings. The van der Waals surface area contributed by atoms with Gasteiger partial charge in [0, 0.05) is 24.5 Å². The molecule has 3 rings (SSSR count). The second-order valence-corrected chi connectivity index (χ2v) is 5.43. The molecule has 3 N–H and O–H groups in total. The summed E-state index contributed by atoms with van der Waals surface area (Å²) in [6.45, 7) is 0. The number of thiazole rings is 1. The summed E-state index contributed by atoms with van der Waals surface area (Å²) in [6, 6.07) is 1.66. The van der Waals surface area contributed by atoms with Crippen molar-refractivity contribution < 1.29 is 4.79 Å². The fourth-order valence-electron chi connectivity index (χ4n) is 1.89. The maximum atomic E-state index is 12.0. The summed E-state index contributed by atoms with van der Waals surface area (Å²) in [5.41, 5.74) is 7.87. The number of hydrogen-bond donors (Lipinski definition) is 2. The van der Waals surface area contributed by atoms with E-state index in [0.29, 0.717) is 22.4 Å². The summed E-state index contributed by atoms with van der Waals surface area (Å²) >= 11 is 1.47. The van der Waals surface area contributed by atoms with E-state index in [1.807, 2.05) is 5.38 Å². The molecule has 0 saturated heterocycles. The van der Waals surface area contributed by atoms with Crippen LogP contribution < -0.4 is 11.1 Å². The van der Waals surface area contributed by atoms with Gasteiger partial charge in [-0.2, -0.15) is 0 Å². The fourth-order valence-corrected chi connectivity index (χ4v) is 2.67. The van der Waals surface area contributed by atoms with E-state index in [2.05, 4.69) is 10.3 Å². The van der Waals surface area contributed by atoms with Gasteiger partial charge in [-0.3, -0.25) is 10.1 Å². The number of carbonyl (C=O) groups excluding carboxylic acids is 1. The van der Waals surface area contributed by atoms with E-state index in [-0.39, 0.29) is 5.91 Å². The third-order valence-electron chi connectivity index (χ3n) is 3.00. The number of aryl methyl sites for hydroxylation is 1. The fraction of sp³-hybridized carbons (Fsp3) is 0.333. The zero-order valence-corrected chi connectivity index (χ0v) is 10.8. The van der Waals surface area contributed by atoms with Crippen LogP contribution in [0.3, 0.4) is 0 Å². The number of amides is 1. The number of rotatable bonds is 3. The lowest BCUT2D eigenvalue weighted by Gasteiger charge is -2.02. The first-order valence-corrected chi connectivity index (χ1v) is 6.70. The highest BCUT2D eigenvalue weighted by molar-refractivity contribution is 7.14. The van der Waals surface area contributed by atoms with Crippen molar-refractivity contribution in [3.63, 3.8) is 0 Å². The molecular formula is C12H14N4OS. The molecule has 1 saturated carbocycles. The molecule has 2 heterocycles. The molecule has 1 fully saturated rings. The van der Waals surface area contributed by atoms with E-state index in [9.17, 15) is 4.79 Å². The first-order valence-electron chi connectivity index (χ1n) is 5.82. The first kappa shape index (κ1) is 11.3. The molecule has 0 spiro atoms. The Morgan fingerprint density at radius 3 is 3.00 bits per heavy atom. The molecule has 1 aliphatic rings. The zero-order valence-electron chi connectivity index (χ0n) is 10.0. The lowest BCUT2D eigenvalue weighted by Crippen LogP contribution is -2.15. The lowest BCUT2D eigenvalue weighted by atomic mass is 10.3. The molecule has 5 nitrogen and oxygen atoms in total.